The number of nitrogens with zero attached hydrogens (tertiary/aromatic N) is 1. The second-order valence-corrected chi connectivity index (χ2v) is 8.75. The largest absolute Gasteiger partial charge is 0.496 e. The van der Waals surface area contributed by atoms with Crippen LogP contribution in [0.5, 0.6) is 5.75 Å². The van der Waals surface area contributed by atoms with E-state index in [0.29, 0.717) is 17.7 Å². The van der Waals surface area contributed by atoms with Crippen LogP contribution in [0.1, 0.15) is 41.0 Å². The molecule has 2 aromatic rings. The molecule has 1 aromatic heterocycles. The average molecular weight is 432 g/mol. The third-order valence-electron chi connectivity index (χ3n) is 4.19. The lowest BCUT2D eigenvalue weighted by atomic mass is 10.0. The van der Waals surface area contributed by atoms with Gasteiger partial charge in [0.1, 0.15) is 5.75 Å². The first kappa shape index (κ1) is 23.1. The molecule has 9 heteroatoms. The van der Waals surface area contributed by atoms with Gasteiger partial charge in [0.05, 0.1) is 18.2 Å². The van der Waals surface area contributed by atoms with Crippen molar-refractivity contribution >= 4 is 21.7 Å². The van der Waals surface area contributed by atoms with E-state index in [0.717, 1.165) is 5.41 Å². The minimum absolute atomic E-state index is 0.177. The van der Waals surface area contributed by atoms with Crippen LogP contribution in [0, 0.1) is 5.92 Å². The number of ether oxygens (including phenoxy) is 1. The van der Waals surface area contributed by atoms with Crippen LogP contribution in [0.4, 0.5) is 0 Å². The predicted octanol–water partition coefficient (Wildman–Crippen LogP) is 2.32. The van der Waals surface area contributed by atoms with Crippen molar-refractivity contribution < 1.29 is 22.7 Å². The van der Waals surface area contributed by atoms with Gasteiger partial charge in [0.15, 0.2) is 5.03 Å². The number of hydrogen-bond acceptors (Lipinski definition) is 6. The van der Waals surface area contributed by atoms with E-state index in [-0.39, 0.29) is 11.5 Å². The molecule has 0 spiro atoms. The smallest absolute Gasteiger partial charge is 0.255 e. The van der Waals surface area contributed by atoms with Gasteiger partial charge in [-0.1, -0.05) is 32.1 Å². The summed E-state index contributed by atoms with van der Waals surface area (Å²) in [4.78, 5) is 28.0. The van der Waals surface area contributed by atoms with Crippen molar-refractivity contribution in [1.82, 2.24) is 10.3 Å². The number of amides is 2. The van der Waals surface area contributed by atoms with Gasteiger partial charge in [0.25, 0.3) is 11.8 Å². The molecule has 0 fully saturated rings. The normalized spacial score (nSPS) is 12.7. The van der Waals surface area contributed by atoms with E-state index in [1.165, 1.54) is 31.5 Å². The van der Waals surface area contributed by atoms with Gasteiger partial charge >= 0.3 is 0 Å². The first-order valence-corrected chi connectivity index (χ1v) is 10.8. The molecule has 0 saturated heterocycles. The first-order valence-electron chi connectivity index (χ1n) is 9.27. The standard InChI is InChI=1S/C21H25N3O5S/c1-14(2)13-15(24-20(26)16-7-4-5-9-18(16)29-3)10-12-30(27,28)21-17(19(22)25)8-6-11-23-21/h4-12,14-15H,13H2,1-3H3,(H2,22,25)(H,24,26)/b12-10+/t15-/m1/s1. The lowest BCUT2D eigenvalue weighted by Gasteiger charge is -2.18. The number of carbonyl (C=O) groups excluding carboxylic acids is 2. The van der Waals surface area contributed by atoms with Gasteiger partial charge in [-0.05, 0) is 36.6 Å². The van der Waals surface area contributed by atoms with Crippen molar-refractivity contribution in [2.45, 2.75) is 31.3 Å². The summed E-state index contributed by atoms with van der Waals surface area (Å²) in [6, 6.07) is 8.90. The molecule has 2 rings (SSSR count). The molecule has 1 aromatic carbocycles. The van der Waals surface area contributed by atoms with Crippen molar-refractivity contribution in [3.8, 4) is 5.75 Å². The second-order valence-electron chi connectivity index (χ2n) is 7.00. The van der Waals surface area contributed by atoms with Crippen LogP contribution >= 0.6 is 0 Å². The Morgan fingerprint density at radius 2 is 1.83 bits per heavy atom. The maximum atomic E-state index is 12.7. The van der Waals surface area contributed by atoms with Crippen LogP contribution in [-0.2, 0) is 9.84 Å². The number of nitrogens with two attached hydrogens (primary N) is 1. The number of hydrogen-bond donors (Lipinski definition) is 2. The van der Waals surface area contributed by atoms with Crippen molar-refractivity contribution in [1.29, 1.82) is 0 Å². The van der Waals surface area contributed by atoms with Crippen LogP contribution in [0.3, 0.4) is 0 Å². The third-order valence-corrected chi connectivity index (χ3v) is 5.57. The fraction of sp³-hybridized carbons (Fsp3) is 0.286. The molecule has 160 valence electrons. The summed E-state index contributed by atoms with van der Waals surface area (Å²) >= 11 is 0. The number of nitrogens with one attached hydrogen (secondary N) is 1. The zero-order chi connectivity index (χ0) is 22.3. The Morgan fingerprint density at radius 1 is 1.17 bits per heavy atom. The van der Waals surface area contributed by atoms with Gasteiger partial charge in [-0.2, -0.15) is 0 Å². The van der Waals surface area contributed by atoms with Gasteiger partial charge in [-0.3, -0.25) is 9.59 Å². The fourth-order valence-electron chi connectivity index (χ4n) is 2.84. The van der Waals surface area contributed by atoms with Crippen LogP contribution in [0.2, 0.25) is 0 Å². The van der Waals surface area contributed by atoms with E-state index in [1.807, 2.05) is 13.8 Å². The molecular weight excluding hydrogens is 406 g/mol. The van der Waals surface area contributed by atoms with Crippen LogP contribution in [0.15, 0.2) is 59.1 Å². The minimum Gasteiger partial charge on any atom is -0.496 e. The van der Waals surface area contributed by atoms with Gasteiger partial charge in [-0.25, -0.2) is 13.4 Å². The molecule has 30 heavy (non-hydrogen) atoms. The van der Waals surface area contributed by atoms with E-state index in [2.05, 4.69) is 10.3 Å². The van der Waals surface area contributed by atoms with E-state index in [1.54, 1.807) is 24.3 Å². The summed E-state index contributed by atoms with van der Waals surface area (Å²) in [5.41, 5.74) is 5.40. The van der Waals surface area contributed by atoms with Crippen molar-refractivity contribution in [2.24, 2.45) is 11.7 Å². The average Bonchev–Trinajstić information content (AvgIpc) is 2.71. The minimum atomic E-state index is -4.05. The number of sulfone groups is 1. The molecule has 0 aliphatic rings. The Bertz CT molecular complexity index is 1050. The quantitative estimate of drug-likeness (QED) is 0.627. The molecule has 0 saturated carbocycles. The van der Waals surface area contributed by atoms with Gasteiger partial charge < -0.3 is 15.8 Å². The highest BCUT2D eigenvalue weighted by molar-refractivity contribution is 7.94. The molecule has 3 N–H and O–H groups in total. The summed E-state index contributed by atoms with van der Waals surface area (Å²) in [6.07, 6.45) is 3.14. The number of aromatic nitrogens is 1. The topological polar surface area (TPSA) is 128 Å². The third kappa shape index (κ3) is 5.90. The number of primary amides is 1. The predicted molar refractivity (Wildman–Crippen MR) is 113 cm³/mol. The summed E-state index contributed by atoms with van der Waals surface area (Å²) in [5.74, 6) is -0.695. The van der Waals surface area contributed by atoms with Crippen LogP contribution < -0.4 is 15.8 Å². The zero-order valence-electron chi connectivity index (χ0n) is 17.0. The van der Waals surface area contributed by atoms with E-state index in [4.69, 9.17) is 10.5 Å². The molecule has 8 nitrogen and oxygen atoms in total. The Morgan fingerprint density at radius 3 is 2.47 bits per heavy atom. The number of pyridine rings is 1. The molecule has 1 heterocycles. The van der Waals surface area contributed by atoms with Crippen LogP contribution in [-0.4, -0.2) is 38.4 Å². The zero-order valence-corrected chi connectivity index (χ0v) is 17.8. The fourth-order valence-corrected chi connectivity index (χ4v) is 4.05. The van der Waals surface area contributed by atoms with Crippen molar-refractivity contribution in [3.63, 3.8) is 0 Å². The SMILES string of the molecule is COc1ccccc1C(=O)N[C@H](/C=C/S(=O)(=O)c1ncccc1C(N)=O)CC(C)C. The molecule has 2 amide bonds. The lowest BCUT2D eigenvalue weighted by molar-refractivity contribution is 0.0936. The molecule has 1 atom stereocenters. The Labute approximate surface area is 176 Å². The van der Waals surface area contributed by atoms with Gasteiger partial charge in [-0.15, -0.1) is 0 Å². The lowest BCUT2D eigenvalue weighted by Crippen LogP contribution is -2.34. The Kier molecular flexibility index (Phi) is 7.71. The molecule has 0 bridgehead atoms. The highest BCUT2D eigenvalue weighted by Gasteiger charge is 2.22. The number of para-hydroxylation sites is 1. The monoisotopic (exact) mass is 431 g/mol. The number of carbonyl (C=O) groups is 2. The summed E-state index contributed by atoms with van der Waals surface area (Å²) < 4.78 is 30.6. The highest BCUT2D eigenvalue weighted by atomic mass is 32.2. The Hall–Kier alpha value is -3.20. The molecule has 0 aliphatic heterocycles. The molecule has 0 aliphatic carbocycles. The van der Waals surface area contributed by atoms with E-state index < -0.39 is 32.7 Å². The van der Waals surface area contributed by atoms with Crippen molar-refractivity contribution in [2.75, 3.05) is 7.11 Å². The molecular formula is C21H25N3O5S. The van der Waals surface area contributed by atoms with Crippen molar-refractivity contribution in [3.05, 3.63) is 65.2 Å². The summed E-state index contributed by atoms with van der Waals surface area (Å²) in [5, 5.41) is 3.34. The Balaban J connectivity index is 2.31. The molecule has 0 unspecified atom stereocenters. The summed E-state index contributed by atoms with van der Waals surface area (Å²) in [6.45, 7) is 3.91. The number of rotatable bonds is 9. The maximum Gasteiger partial charge on any atom is 0.255 e. The molecule has 0 radical (unpaired) electrons. The van der Waals surface area contributed by atoms with E-state index >= 15 is 0 Å². The number of benzene rings is 1. The maximum absolute atomic E-state index is 12.7. The highest BCUT2D eigenvalue weighted by Crippen LogP contribution is 2.19. The van der Waals surface area contributed by atoms with Crippen LogP contribution in [0.25, 0.3) is 0 Å². The first-order chi connectivity index (χ1) is 14.2. The van der Waals surface area contributed by atoms with E-state index in [9.17, 15) is 18.0 Å². The second kappa shape index (κ2) is 10.0. The van der Waals surface area contributed by atoms with Gasteiger partial charge in [0, 0.05) is 17.6 Å². The van der Waals surface area contributed by atoms with Gasteiger partial charge in [0.2, 0.25) is 9.84 Å². The summed E-state index contributed by atoms with van der Waals surface area (Å²) in [7, 11) is -2.58. The number of methoxy groups -OCH3 is 1.